The van der Waals surface area contributed by atoms with Crippen LogP contribution >= 0.6 is 31.6 Å². The summed E-state index contributed by atoms with van der Waals surface area (Å²) < 4.78 is 10.8. The van der Waals surface area contributed by atoms with E-state index in [1.165, 1.54) is 6.92 Å². The number of aryl methyl sites for hydroxylation is 1. The van der Waals surface area contributed by atoms with E-state index < -0.39 is 12.7 Å². The zero-order valence-electron chi connectivity index (χ0n) is 6.46. The Morgan fingerprint density at radius 3 is 2.38 bits per heavy atom. The van der Waals surface area contributed by atoms with Crippen LogP contribution in [0.2, 0.25) is 0 Å². The molecule has 0 fully saturated rings. The van der Waals surface area contributed by atoms with Gasteiger partial charge in [-0.25, -0.2) is 4.98 Å². The fourth-order valence-electron chi connectivity index (χ4n) is 0.750. The van der Waals surface area contributed by atoms with Crippen molar-refractivity contribution in [3.63, 3.8) is 0 Å². The third-order valence-corrected chi connectivity index (χ3v) is 3.70. The molecule has 0 bridgehead atoms. The highest BCUT2D eigenvalue weighted by Crippen LogP contribution is 2.35. The number of carbonyl (C=O) groups is 1. The Morgan fingerprint density at radius 2 is 2.15 bits per heavy atom. The molecular weight excluding hydrogens is 233 g/mol. The molecule has 1 aromatic rings. The summed E-state index contributed by atoms with van der Waals surface area (Å²) in [7, 11) is -4.36. The fourth-order valence-corrected chi connectivity index (χ4v) is 2.79. The summed E-state index contributed by atoms with van der Waals surface area (Å²) in [6.07, 6.45) is 0. The van der Waals surface area contributed by atoms with Gasteiger partial charge in [-0.05, 0) is 6.92 Å². The lowest BCUT2D eigenvalue weighted by Crippen LogP contribution is -2.08. The Balaban J connectivity index is 3.26. The molecule has 0 amide bonds. The maximum Gasteiger partial charge on any atom is 0.375 e. The normalized spacial score (nSPS) is 11.7. The number of thiol groups is 1. The van der Waals surface area contributed by atoms with Crippen LogP contribution in [0.25, 0.3) is 0 Å². The molecule has 1 aromatic heterocycles. The largest absolute Gasteiger partial charge is 0.375 e. The van der Waals surface area contributed by atoms with Gasteiger partial charge in [0.15, 0.2) is 10.4 Å². The molecule has 0 aromatic carbocycles. The van der Waals surface area contributed by atoms with Crippen LogP contribution in [-0.4, -0.2) is 19.9 Å². The van der Waals surface area contributed by atoms with Crippen LogP contribution in [0.1, 0.15) is 14.7 Å². The lowest BCUT2D eigenvalue weighted by atomic mass is 10.6. The molecule has 13 heavy (non-hydrogen) atoms. The van der Waals surface area contributed by atoms with E-state index in [2.05, 4.69) is 17.6 Å². The Hall–Kier alpha value is -0.200. The third kappa shape index (κ3) is 2.38. The van der Waals surface area contributed by atoms with Crippen molar-refractivity contribution < 1.29 is 19.1 Å². The molecule has 0 saturated heterocycles. The zero-order chi connectivity index (χ0) is 10.2. The van der Waals surface area contributed by atoms with E-state index in [1.807, 2.05) is 0 Å². The Morgan fingerprint density at radius 1 is 1.62 bits per heavy atom. The lowest BCUT2D eigenvalue weighted by Gasteiger charge is -1.98. The minimum atomic E-state index is -4.36. The topological polar surface area (TPSA) is 87.5 Å². The number of thiazole rings is 1. The smallest absolute Gasteiger partial charge is 0.320 e. The number of hydrogen-bond acceptors (Lipinski definition) is 4. The molecule has 0 unspecified atom stereocenters. The van der Waals surface area contributed by atoms with E-state index in [0.29, 0.717) is 4.88 Å². The minimum absolute atomic E-state index is 0.000779. The standard InChI is InChI=1S/C5H6NO4PS2/c1-2-3(11(8,9)10)6-4(13-2)5(7)12/h1H3,(H,7,12)(H2,8,9,10). The van der Waals surface area contributed by atoms with Crippen molar-refractivity contribution in [2.75, 3.05) is 0 Å². The van der Waals surface area contributed by atoms with Gasteiger partial charge in [-0.1, -0.05) is 12.6 Å². The van der Waals surface area contributed by atoms with E-state index in [0.717, 1.165) is 11.3 Å². The summed E-state index contributed by atoms with van der Waals surface area (Å²) in [6.45, 7) is 1.49. The second-order valence-electron chi connectivity index (χ2n) is 2.25. The number of aromatic nitrogens is 1. The van der Waals surface area contributed by atoms with Crippen LogP contribution in [0.4, 0.5) is 0 Å². The molecule has 0 saturated carbocycles. The number of rotatable bonds is 2. The number of carbonyl (C=O) groups excluding carboxylic acids is 1. The fraction of sp³-hybridized carbons (Fsp3) is 0.200. The summed E-state index contributed by atoms with van der Waals surface area (Å²) in [5.41, 5.74) is -0.338. The first kappa shape index (κ1) is 10.9. The Kier molecular flexibility index (Phi) is 2.94. The van der Waals surface area contributed by atoms with Gasteiger partial charge in [-0.3, -0.25) is 9.36 Å². The quantitative estimate of drug-likeness (QED) is 0.511. The van der Waals surface area contributed by atoms with Crippen LogP contribution in [0.15, 0.2) is 0 Å². The first-order valence-electron chi connectivity index (χ1n) is 3.09. The summed E-state index contributed by atoms with van der Waals surface area (Å²) in [5, 5.41) is -0.591. The van der Waals surface area contributed by atoms with Gasteiger partial charge >= 0.3 is 7.60 Å². The van der Waals surface area contributed by atoms with Crippen molar-refractivity contribution in [3.05, 3.63) is 9.88 Å². The van der Waals surface area contributed by atoms with Crippen LogP contribution in [0.5, 0.6) is 0 Å². The molecule has 0 spiro atoms. The molecule has 5 nitrogen and oxygen atoms in total. The minimum Gasteiger partial charge on any atom is -0.320 e. The highest BCUT2D eigenvalue weighted by Gasteiger charge is 2.25. The van der Waals surface area contributed by atoms with Crippen LogP contribution in [0, 0.1) is 6.92 Å². The Bertz CT molecular complexity index is 395. The van der Waals surface area contributed by atoms with Crippen molar-refractivity contribution in [1.29, 1.82) is 0 Å². The van der Waals surface area contributed by atoms with Gasteiger partial charge in [0.25, 0.3) is 0 Å². The summed E-state index contributed by atoms with van der Waals surface area (Å²) >= 11 is 4.42. The van der Waals surface area contributed by atoms with E-state index in [4.69, 9.17) is 9.79 Å². The summed E-state index contributed by atoms with van der Waals surface area (Å²) in [4.78, 5) is 32.1. The molecule has 72 valence electrons. The molecule has 0 radical (unpaired) electrons. The van der Waals surface area contributed by atoms with Gasteiger partial charge < -0.3 is 9.79 Å². The second kappa shape index (κ2) is 3.51. The molecular formula is C5H6NO4PS2. The number of nitrogens with zero attached hydrogens (tertiary/aromatic N) is 1. The average Bonchev–Trinajstić information content (AvgIpc) is 2.29. The molecule has 0 atom stereocenters. The SMILES string of the molecule is Cc1sc(C(=O)S)nc1P(=O)(O)O. The van der Waals surface area contributed by atoms with Gasteiger partial charge in [0.2, 0.25) is 5.12 Å². The lowest BCUT2D eigenvalue weighted by molar-refractivity contribution is 0.109. The molecule has 0 aliphatic heterocycles. The predicted octanol–water partition coefficient (Wildman–Crippen LogP) is 0.325. The third-order valence-electron chi connectivity index (χ3n) is 1.23. The first-order chi connectivity index (χ1) is 5.82. The van der Waals surface area contributed by atoms with Crippen molar-refractivity contribution in [3.8, 4) is 0 Å². The van der Waals surface area contributed by atoms with Crippen LogP contribution in [-0.2, 0) is 4.57 Å². The second-order valence-corrected chi connectivity index (χ2v) is 5.37. The highest BCUT2D eigenvalue weighted by molar-refractivity contribution is 7.97. The Labute approximate surface area is 83.4 Å². The molecule has 8 heteroatoms. The maximum absolute atomic E-state index is 10.8. The first-order valence-corrected chi connectivity index (χ1v) is 5.97. The van der Waals surface area contributed by atoms with Crippen LogP contribution in [0.3, 0.4) is 0 Å². The molecule has 1 rings (SSSR count). The van der Waals surface area contributed by atoms with E-state index in [9.17, 15) is 9.36 Å². The van der Waals surface area contributed by atoms with Gasteiger partial charge in [-0.15, -0.1) is 11.3 Å². The molecule has 2 N–H and O–H groups in total. The van der Waals surface area contributed by atoms with E-state index in [1.54, 1.807) is 0 Å². The monoisotopic (exact) mass is 239 g/mol. The summed E-state index contributed by atoms with van der Waals surface area (Å²) in [6, 6.07) is 0. The van der Waals surface area contributed by atoms with Crippen molar-refractivity contribution in [2.45, 2.75) is 6.92 Å². The highest BCUT2D eigenvalue weighted by atomic mass is 32.1. The number of hydrogen-bond donors (Lipinski definition) is 3. The van der Waals surface area contributed by atoms with Crippen molar-refractivity contribution >= 4 is 42.1 Å². The maximum atomic E-state index is 10.8. The van der Waals surface area contributed by atoms with Gasteiger partial charge in [0, 0.05) is 4.88 Å². The zero-order valence-corrected chi connectivity index (χ0v) is 9.07. The molecule has 0 aliphatic rings. The summed E-state index contributed by atoms with van der Waals surface area (Å²) in [5.74, 6) is 0. The van der Waals surface area contributed by atoms with E-state index >= 15 is 0 Å². The van der Waals surface area contributed by atoms with E-state index in [-0.39, 0.29) is 10.4 Å². The molecule has 0 aliphatic carbocycles. The van der Waals surface area contributed by atoms with Crippen molar-refractivity contribution in [1.82, 2.24) is 4.98 Å². The predicted molar refractivity (Wildman–Crippen MR) is 51.8 cm³/mol. The van der Waals surface area contributed by atoms with Gasteiger partial charge in [0.1, 0.15) is 0 Å². The van der Waals surface area contributed by atoms with Gasteiger partial charge in [-0.2, -0.15) is 0 Å². The van der Waals surface area contributed by atoms with Gasteiger partial charge in [0.05, 0.1) is 0 Å². The van der Waals surface area contributed by atoms with Crippen LogP contribution < -0.4 is 5.44 Å². The van der Waals surface area contributed by atoms with Crippen molar-refractivity contribution in [2.24, 2.45) is 0 Å². The molecule has 1 heterocycles. The average molecular weight is 239 g/mol.